The second kappa shape index (κ2) is 8.86. The summed E-state index contributed by atoms with van der Waals surface area (Å²) in [6, 6.07) is 15.5. The van der Waals surface area contributed by atoms with E-state index < -0.39 is 0 Å². The fraction of sp³-hybridized carbons (Fsp3) is 0.286. The molecule has 3 aromatic rings. The molecule has 0 saturated heterocycles. The van der Waals surface area contributed by atoms with Gasteiger partial charge in [0.15, 0.2) is 11.6 Å². The van der Waals surface area contributed by atoms with Gasteiger partial charge in [0.1, 0.15) is 5.75 Å². The van der Waals surface area contributed by atoms with Gasteiger partial charge in [-0.05, 0) is 50.1 Å². The van der Waals surface area contributed by atoms with Gasteiger partial charge in [-0.25, -0.2) is 4.98 Å². The molecule has 1 atom stereocenters. The lowest BCUT2D eigenvalue weighted by atomic mass is 10.1. The molecule has 0 saturated carbocycles. The number of ether oxygens (including phenoxy) is 1. The number of hydrogen-bond acceptors (Lipinski definition) is 5. The Labute approximate surface area is 163 Å². The Balaban J connectivity index is 1.65. The third-order valence-electron chi connectivity index (χ3n) is 4.20. The van der Waals surface area contributed by atoms with Crippen LogP contribution in [0.2, 0.25) is 0 Å². The van der Waals surface area contributed by atoms with Crippen LogP contribution < -0.4 is 4.74 Å². The fourth-order valence-corrected chi connectivity index (χ4v) is 3.46. The zero-order valence-electron chi connectivity index (χ0n) is 15.7. The number of thioether (sulfide) groups is 1. The number of aromatic amines is 1. The summed E-state index contributed by atoms with van der Waals surface area (Å²) in [6.45, 7) is 6.53. The summed E-state index contributed by atoms with van der Waals surface area (Å²) in [7, 11) is 0. The third kappa shape index (κ3) is 4.77. The molecule has 2 aromatic carbocycles. The van der Waals surface area contributed by atoms with Gasteiger partial charge in [0.2, 0.25) is 5.16 Å². The molecular weight excluding hydrogens is 358 g/mol. The number of aryl methyl sites for hydroxylation is 1. The van der Waals surface area contributed by atoms with Crippen LogP contribution in [0.1, 0.15) is 36.7 Å². The molecule has 1 N–H and O–H groups in total. The van der Waals surface area contributed by atoms with Gasteiger partial charge in [-0.2, -0.15) is 0 Å². The van der Waals surface area contributed by atoms with Crippen molar-refractivity contribution in [3.63, 3.8) is 0 Å². The highest BCUT2D eigenvalue weighted by Gasteiger charge is 2.19. The maximum absolute atomic E-state index is 12.6. The number of nitrogens with zero attached hydrogens (tertiary/aromatic N) is 2. The molecule has 0 aliphatic carbocycles. The van der Waals surface area contributed by atoms with E-state index in [2.05, 4.69) is 34.2 Å². The minimum Gasteiger partial charge on any atom is -0.494 e. The van der Waals surface area contributed by atoms with Crippen LogP contribution in [0.25, 0.3) is 11.4 Å². The van der Waals surface area contributed by atoms with E-state index in [9.17, 15) is 4.79 Å². The van der Waals surface area contributed by atoms with Gasteiger partial charge in [-0.3, -0.25) is 9.89 Å². The van der Waals surface area contributed by atoms with Gasteiger partial charge in [0, 0.05) is 11.1 Å². The Morgan fingerprint density at radius 1 is 1.11 bits per heavy atom. The predicted octanol–water partition coefficient (Wildman–Crippen LogP) is 4.80. The summed E-state index contributed by atoms with van der Waals surface area (Å²) in [5, 5.41) is 7.48. The van der Waals surface area contributed by atoms with Crippen molar-refractivity contribution in [2.75, 3.05) is 6.61 Å². The van der Waals surface area contributed by atoms with Crippen LogP contribution in [0.3, 0.4) is 0 Å². The Kier molecular flexibility index (Phi) is 6.29. The molecule has 140 valence electrons. The molecule has 1 aromatic heterocycles. The minimum absolute atomic E-state index is 0.0432. The van der Waals surface area contributed by atoms with Crippen molar-refractivity contribution in [3.05, 3.63) is 59.7 Å². The summed E-state index contributed by atoms with van der Waals surface area (Å²) in [5.41, 5.74) is 2.92. The first-order chi connectivity index (χ1) is 13.1. The van der Waals surface area contributed by atoms with E-state index in [0.717, 1.165) is 17.7 Å². The quantitative estimate of drug-likeness (QED) is 0.448. The molecule has 27 heavy (non-hydrogen) atoms. The number of H-pyrrole nitrogens is 1. The van der Waals surface area contributed by atoms with Crippen molar-refractivity contribution in [1.82, 2.24) is 15.2 Å². The van der Waals surface area contributed by atoms with E-state index in [1.54, 1.807) is 12.1 Å². The summed E-state index contributed by atoms with van der Waals surface area (Å²) in [4.78, 5) is 17.2. The first kappa shape index (κ1) is 19.2. The molecule has 0 bridgehead atoms. The normalized spacial score (nSPS) is 12.0. The first-order valence-corrected chi connectivity index (χ1v) is 9.94. The molecule has 0 aliphatic rings. The van der Waals surface area contributed by atoms with E-state index in [1.807, 2.05) is 38.1 Å². The number of hydrogen-bond donors (Lipinski definition) is 1. The average molecular weight is 382 g/mol. The number of carbonyl (C=O) groups is 1. The lowest BCUT2D eigenvalue weighted by Crippen LogP contribution is -2.13. The molecule has 5 nitrogen and oxygen atoms in total. The Morgan fingerprint density at radius 3 is 2.44 bits per heavy atom. The molecule has 1 heterocycles. The van der Waals surface area contributed by atoms with Crippen molar-refractivity contribution >= 4 is 17.5 Å². The van der Waals surface area contributed by atoms with Crippen molar-refractivity contribution in [3.8, 4) is 17.1 Å². The fourth-order valence-electron chi connectivity index (χ4n) is 2.65. The Bertz CT molecular complexity index is 889. The number of carbonyl (C=O) groups excluding carboxylic acids is 1. The predicted molar refractivity (Wildman–Crippen MR) is 108 cm³/mol. The van der Waals surface area contributed by atoms with E-state index in [1.165, 1.54) is 17.3 Å². The van der Waals surface area contributed by atoms with Crippen molar-refractivity contribution in [2.45, 2.75) is 37.6 Å². The molecule has 6 heteroatoms. The highest BCUT2D eigenvalue weighted by Crippen LogP contribution is 2.25. The van der Waals surface area contributed by atoms with E-state index in [4.69, 9.17) is 4.74 Å². The Hall–Kier alpha value is -2.60. The molecule has 0 radical (unpaired) electrons. The van der Waals surface area contributed by atoms with Gasteiger partial charge >= 0.3 is 0 Å². The monoisotopic (exact) mass is 381 g/mol. The second-order valence-corrected chi connectivity index (χ2v) is 7.41. The maximum atomic E-state index is 12.6. The molecular formula is C21H23N3O2S. The molecule has 0 spiro atoms. The van der Waals surface area contributed by atoms with E-state index >= 15 is 0 Å². The second-order valence-electron chi connectivity index (χ2n) is 6.10. The summed E-state index contributed by atoms with van der Waals surface area (Å²) in [5.74, 6) is 1.52. The SMILES string of the molecule is CCOc1ccc(C(=O)[C@H](C)Sc2n[nH]c(-c3ccc(CC)cc3)n2)cc1. The number of nitrogens with one attached hydrogen (secondary N) is 1. The van der Waals surface area contributed by atoms with Crippen LogP contribution in [-0.4, -0.2) is 32.8 Å². The lowest BCUT2D eigenvalue weighted by Gasteiger charge is -2.09. The lowest BCUT2D eigenvalue weighted by molar-refractivity contribution is 0.0994. The van der Waals surface area contributed by atoms with Crippen LogP contribution >= 0.6 is 11.8 Å². The van der Waals surface area contributed by atoms with Crippen LogP contribution in [0.15, 0.2) is 53.7 Å². The number of ketones is 1. The van der Waals surface area contributed by atoms with Gasteiger partial charge in [-0.15, -0.1) is 5.10 Å². The Morgan fingerprint density at radius 2 is 1.81 bits per heavy atom. The average Bonchev–Trinajstić information content (AvgIpc) is 3.17. The van der Waals surface area contributed by atoms with Gasteiger partial charge < -0.3 is 4.74 Å². The number of benzene rings is 2. The molecule has 0 unspecified atom stereocenters. The van der Waals surface area contributed by atoms with Crippen LogP contribution in [-0.2, 0) is 6.42 Å². The highest BCUT2D eigenvalue weighted by atomic mass is 32.2. The van der Waals surface area contributed by atoms with Gasteiger partial charge in [0.25, 0.3) is 0 Å². The van der Waals surface area contributed by atoms with Crippen LogP contribution in [0.4, 0.5) is 0 Å². The van der Waals surface area contributed by atoms with Gasteiger partial charge in [0.05, 0.1) is 11.9 Å². The summed E-state index contributed by atoms with van der Waals surface area (Å²) >= 11 is 1.35. The number of Topliss-reactive ketones (excluding diaryl/α,β-unsaturated/α-hetero) is 1. The highest BCUT2D eigenvalue weighted by molar-refractivity contribution is 8.00. The molecule has 0 aliphatic heterocycles. The van der Waals surface area contributed by atoms with Crippen LogP contribution in [0, 0.1) is 0 Å². The van der Waals surface area contributed by atoms with E-state index in [0.29, 0.717) is 23.2 Å². The van der Waals surface area contributed by atoms with Gasteiger partial charge in [-0.1, -0.05) is 43.0 Å². The van der Waals surface area contributed by atoms with Crippen molar-refractivity contribution < 1.29 is 9.53 Å². The maximum Gasteiger partial charge on any atom is 0.209 e. The zero-order chi connectivity index (χ0) is 19.2. The molecule has 3 rings (SSSR count). The molecule has 0 amide bonds. The topological polar surface area (TPSA) is 67.9 Å². The summed E-state index contributed by atoms with van der Waals surface area (Å²) in [6.07, 6.45) is 1.00. The largest absolute Gasteiger partial charge is 0.494 e. The standard InChI is InChI=1S/C21H23N3O2S/c1-4-15-6-8-17(9-7-15)20-22-21(24-23-20)27-14(3)19(25)16-10-12-18(13-11-16)26-5-2/h6-14H,4-5H2,1-3H3,(H,22,23,24)/t14-/m0/s1. The zero-order valence-corrected chi connectivity index (χ0v) is 16.5. The summed E-state index contributed by atoms with van der Waals surface area (Å²) < 4.78 is 5.42. The van der Waals surface area contributed by atoms with Crippen LogP contribution in [0.5, 0.6) is 5.75 Å². The molecule has 0 fully saturated rings. The number of aromatic nitrogens is 3. The van der Waals surface area contributed by atoms with Crippen molar-refractivity contribution in [2.24, 2.45) is 0 Å². The smallest absolute Gasteiger partial charge is 0.209 e. The van der Waals surface area contributed by atoms with Crippen molar-refractivity contribution in [1.29, 1.82) is 0 Å². The minimum atomic E-state index is -0.283. The number of rotatable bonds is 8. The first-order valence-electron chi connectivity index (χ1n) is 9.06. The van der Waals surface area contributed by atoms with E-state index in [-0.39, 0.29) is 11.0 Å². The third-order valence-corrected chi connectivity index (χ3v) is 5.16.